The molecule has 4 heteroatoms. The summed E-state index contributed by atoms with van der Waals surface area (Å²) in [6.45, 7) is 4.98. The lowest BCUT2D eigenvalue weighted by Crippen LogP contribution is -2.13. The van der Waals surface area contributed by atoms with E-state index < -0.39 is 0 Å². The molecular weight excluding hydrogens is 394 g/mol. The molecule has 4 rings (SSSR count). The molecule has 4 aromatic rings. The Morgan fingerprint density at radius 1 is 0.812 bits per heavy atom. The molecule has 1 heterocycles. The summed E-state index contributed by atoms with van der Waals surface area (Å²) in [7, 11) is 0. The quantitative estimate of drug-likeness (QED) is 0.370. The van der Waals surface area contributed by atoms with Crippen LogP contribution in [-0.4, -0.2) is 17.4 Å². The maximum Gasteiger partial charge on any atom is 0.256 e. The lowest BCUT2D eigenvalue weighted by atomic mass is 9.96. The second kappa shape index (κ2) is 9.92. The van der Waals surface area contributed by atoms with Gasteiger partial charge in [-0.25, -0.2) is 0 Å². The highest BCUT2D eigenvalue weighted by atomic mass is 16.1. The van der Waals surface area contributed by atoms with E-state index in [4.69, 9.17) is 0 Å². The Hall–Kier alpha value is -3.92. The molecule has 3 aromatic carbocycles. The lowest BCUT2D eigenvalue weighted by molar-refractivity contribution is 0.102. The van der Waals surface area contributed by atoms with Crippen LogP contribution in [0, 0.1) is 13.8 Å². The number of anilines is 2. The average Bonchev–Trinajstić information content (AvgIpc) is 2.83. The Bertz CT molecular complexity index is 1200. The molecular formula is C28H27N3O. The molecule has 0 spiro atoms. The van der Waals surface area contributed by atoms with E-state index in [-0.39, 0.29) is 5.91 Å². The first kappa shape index (κ1) is 21.3. The van der Waals surface area contributed by atoms with Gasteiger partial charge in [0, 0.05) is 41.8 Å². The van der Waals surface area contributed by atoms with Crippen LogP contribution in [0.3, 0.4) is 0 Å². The van der Waals surface area contributed by atoms with E-state index in [2.05, 4.69) is 47.7 Å². The molecule has 0 saturated heterocycles. The SMILES string of the molecule is Cc1ccc(-c2ccccc2C(=O)Nc2ccc(NCCc3ccccn3)cc2)cc1C. The predicted molar refractivity (Wildman–Crippen MR) is 132 cm³/mol. The van der Waals surface area contributed by atoms with E-state index in [0.717, 1.165) is 41.2 Å². The van der Waals surface area contributed by atoms with E-state index in [1.165, 1.54) is 11.1 Å². The number of amides is 1. The number of aryl methyl sites for hydroxylation is 2. The zero-order valence-corrected chi connectivity index (χ0v) is 18.4. The normalized spacial score (nSPS) is 10.6. The minimum Gasteiger partial charge on any atom is -0.385 e. The molecule has 0 atom stereocenters. The van der Waals surface area contributed by atoms with Gasteiger partial charge in [-0.15, -0.1) is 0 Å². The molecule has 1 aromatic heterocycles. The largest absolute Gasteiger partial charge is 0.385 e. The fraction of sp³-hybridized carbons (Fsp3) is 0.143. The number of pyridine rings is 1. The van der Waals surface area contributed by atoms with Gasteiger partial charge in [0.25, 0.3) is 5.91 Å². The van der Waals surface area contributed by atoms with Crippen molar-refractivity contribution in [1.82, 2.24) is 4.98 Å². The molecule has 2 N–H and O–H groups in total. The lowest BCUT2D eigenvalue weighted by Gasteiger charge is -2.12. The average molecular weight is 422 g/mol. The van der Waals surface area contributed by atoms with Crippen LogP contribution in [0.4, 0.5) is 11.4 Å². The Labute approximate surface area is 189 Å². The summed E-state index contributed by atoms with van der Waals surface area (Å²) in [5, 5.41) is 6.42. The molecule has 0 unspecified atom stereocenters. The topological polar surface area (TPSA) is 54.0 Å². The number of nitrogens with one attached hydrogen (secondary N) is 2. The third-order valence-corrected chi connectivity index (χ3v) is 5.57. The van der Waals surface area contributed by atoms with Crippen LogP contribution in [0.5, 0.6) is 0 Å². The van der Waals surface area contributed by atoms with Crippen LogP contribution >= 0.6 is 0 Å². The Morgan fingerprint density at radius 2 is 1.56 bits per heavy atom. The van der Waals surface area contributed by atoms with E-state index >= 15 is 0 Å². The highest BCUT2D eigenvalue weighted by Gasteiger charge is 2.13. The maximum absolute atomic E-state index is 13.0. The molecule has 160 valence electrons. The van der Waals surface area contributed by atoms with Gasteiger partial charge in [0.2, 0.25) is 0 Å². The molecule has 0 saturated carbocycles. The van der Waals surface area contributed by atoms with Gasteiger partial charge in [0.15, 0.2) is 0 Å². The first-order valence-electron chi connectivity index (χ1n) is 10.8. The highest BCUT2D eigenvalue weighted by Crippen LogP contribution is 2.26. The minimum absolute atomic E-state index is 0.116. The third-order valence-electron chi connectivity index (χ3n) is 5.57. The van der Waals surface area contributed by atoms with Gasteiger partial charge in [-0.05, 0) is 78.6 Å². The van der Waals surface area contributed by atoms with Gasteiger partial charge >= 0.3 is 0 Å². The molecule has 4 nitrogen and oxygen atoms in total. The van der Waals surface area contributed by atoms with Crippen molar-refractivity contribution < 1.29 is 4.79 Å². The summed E-state index contributed by atoms with van der Waals surface area (Å²) < 4.78 is 0. The number of rotatable bonds is 7. The minimum atomic E-state index is -0.116. The summed E-state index contributed by atoms with van der Waals surface area (Å²) in [5.74, 6) is -0.116. The number of carbonyl (C=O) groups is 1. The second-order valence-electron chi connectivity index (χ2n) is 7.87. The number of aromatic nitrogens is 1. The summed E-state index contributed by atoms with van der Waals surface area (Å²) >= 11 is 0. The van der Waals surface area contributed by atoms with Gasteiger partial charge in [0.05, 0.1) is 0 Å². The smallest absolute Gasteiger partial charge is 0.256 e. The van der Waals surface area contributed by atoms with Gasteiger partial charge in [-0.1, -0.05) is 42.5 Å². The molecule has 0 aliphatic heterocycles. The first-order valence-corrected chi connectivity index (χ1v) is 10.8. The Balaban J connectivity index is 1.41. The van der Waals surface area contributed by atoms with Gasteiger partial charge in [0.1, 0.15) is 0 Å². The number of hydrogen-bond acceptors (Lipinski definition) is 3. The fourth-order valence-electron chi connectivity index (χ4n) is 3.59. The van der Waals surface area contributed by atoms with Crippen molar-refractivity contribution in [2.45, 2.75) is 20.3 Å². The first-order chi connectivity index (χ1) is 15.6. The van der Waals surface area contributed by atoms with Gasteiger partial charge < -0.3 is 10.6 Å². The van der Waals surface area contributed by atoms with Crippen LogP contribution < -0.4 is 10.6 Å². The van der Waals surface area contributed by atoms with Crippen LogP contribution in [0.2, 0.25) is 0 Å². The zero-order valence-electron chi connectivity index (χ0n) is 18.4. The molecule has 0 bridgehead atoms. The van der Waals surface area contributed by atoms with Crippen LogP contribution in [0.15, 0.2) is 91.1 Å². The van der Waals surface area contributed by atoms with E-state index in [0.29, 0.717) is 5.56 Å². The van der Waals surface area contributed by atoms with Crippen LogP contribution in [-0.2, 0) is 6.42 Å². The zero-order chi connectivity index (χ0) is 22.3. The molecule has 0 fully saturated rings. The van der Waals surface area contributed by atoms with E-state index in [1.807, 2.05) is 72.9 Å². The Kier molecular flexibility index (Phi) is 6.61. The molecule has 32 heavy (non-hydrogen) atoms. The van der Waals surface area contributed by atoms with Crippen LogP contribution in [0.1, 0.15) is 27.2 Å². The van der Waals surface area contributed by atoms with Crippen molar-refractivity contribution in [2.75, 3.05) is 17.2 Å². The van der Waals surface area contributed by atoms with Crippen molar-refractivity contribution in [2.24, 2.45) is 0 Å². The Morgan fingerprint density at radius 3 is 2.31 bits per heavy atom. The number of nitrogens with zero attached hydrogens (tertiary/aromatic N) is 1. The monoisotopic (exact) mass is 421 g/mol. The number of benzene rings is 3. The van der Waals surface area contributed by atoms with Crippen molar-refractivity contribution in [3.63, 3.8) is 0 Å². The summed E-state index contributed by atoms with van der Waals surface area (Å²) in [4.78, 5) is 17.4. The summed E-state index contributed by atoms with van der Waals surface area (Å²) in [5.41, 5.74) is 7.93. The number of hydrogen-bond donors (Lipinski definition) is 2. The third kappa shape index (κ3) is 5.22. The van der Waals surface area contributed by atoms with Gasteiger partial charge in [-0.2, -0.15) is 0 Å². The second-order valence-corrected chi connectivity index (χ2v) is 7.87. The predicted octanol–water partition coefficient (Wildman–Crippen LogP) is 6.27. The van der Waals surface area contributed by atoms with Gasteiger partial charge in [-0.3, -0.25) is 9.78 Å². The number of carbonyl (C=O) groups excluding carboxylic acids is 1. The van der Waals surface area contributed by atoms with Crippen LogP contribution in [0.25, 0.3) is 11.1 Å². The maximum atomic E-state index is 13.0. The molecule has 1 amide bonds. The van der Waals surface area contributed by atoms with E-state index in [9.17, 15) is 4.79 Å². The standard InChI is InChI=1S/C28H27N3O/c1-20-10-11-22(19-21(20)2)26-8-3-4-9-27(26)28(32)31-25-14-12-24(13-15-25)30-18-16-23-7-5-6-17-29-23/h3-15,17,19,30H,16,18H2,1-2H3,(H,31,32). The van der Waals surface area contributed by atoms with Crippen molar-refractivity contribution in [1.29, 1.82) is 0 Å². The van der Waals surface area contributed by atoms with Crippen molar-refractivity contribution >= 4 is 17.3 Å². The molecule has 0 radical (unpaired) electrons. The molecule has 0 aliphatic rings. The van der Waals surface area contributed by atoms with E-state index in [1.54, 1.807) is 0 Å². The van der Waals surface area contributed by atoms with Crippen molar-refractivity contribution in [3.8, 4) is 11.1 Å². The fourth-order valence-corrected chi connectivity index (χ4v) is 3.59. The summed E-state index contributed by atoms with van der Waals surface area (Å²) in [6.07, 6.45) is 2.67. The summed E-state index contributed by atoms with van der Waals surface area (Å²) in [6, 6.07) is 27.7. The molecule has 0 aliphatic carbocycles. The highest BCUT2D eigenvalue weighted by molar-refractivity contribution is 6.08. The van der Waals surface area contributed by atoms with Crippen molar-refractivity contribution in [3.05, 3.63) is 114 Å².